The molecule has 1 aromatic rings. The van der Waals surface area contributed by atoms with Crippen molar-refractivity contribution in [2.45, 2.75) is 38.5 Å². The topological polar surface area (TPSA) is 50.7 Å². The SMILES string of the molecule is COCC(CO)NCc1cccc2c1OC(C)(C)C2. The molecule has 0 aliphatic carbocycles. The van der Waals surface area contributed by atoms with Crippen molar-refractivity contribution in [1.29, 1.82) is 0 Å². The van der Waals surface area contributed by atoms with E-state index in [-0.39, 0.29) is 18.2 Å². The van der Waals surface area contributed by atoms with E-state index in [2.05, 4.69) is 37.4 Å². The van der Waals surface area contributed by atoms with Crippen molar-refractivity contribution in [3.8, 4) is 5.75 Å². The van der Waals surface area contributed by atoms with Crippen LogP contribution in [0.25, 0.3) is 0 Å². The fourth-order valence-electron chi connectivity index (χ4n) is 2.45. The molecule has 1 aliphatic heterocycles. The Morgan fingerprint density at radius 3 is 2.95 bits per heavy atom. The molecule has 0 radical (unpaired) electrons. The van der Waals surface area contributed by atoms with Crippen LogP contribution in [0, 0.1) is 0 Å². The standard InChI is InChI=1S/C15H23NO3/c1-15(2)7-11-5-4-6-12(14(11)19-15)8-16-13(9-17)10-18-3/h4-6,13,16-17H,7-10H2,1-3H3. The molecule has 4 heteroatoms. The minimum absolute atomic E-state index is 0.0460. The Balaban J connectivity index is 2.05. The van der Waals surface area contributed by atoms with Crippen LogP contribution >= 0.6 is 0 Å². The van der Waals surface area contributed by atoms with E-state index in [1.54, 1.807) is 7.11 Å². The molecule has 1 atom stereocenters. The van der Waals surface area contributed by atoms with Crippen LogP contribution in [0.3, 0.4) is 0 Å². The maximum Gasteiger partial charge on any atom is 0.127 e. The minimum atomic E-state index is -0.124. The van der Waals surface area contributed by atoms with Crippen LogP contribution in [0.15, 0.2) is 18.2 Å². The maximum absolute atomic E-state index is 9.24. The van der Waals surface area contributed by atoms with Crippen molar-refractivity contribution >= 4 is 0 Å². The lowest BCUT2D eigenvalue weighted by Gasteiger charge is -2.19. The molecular weight excluding hydrogens is 242 g/mol. The van der Waals surface area contributed by atoms with Crippen molar-refractivity contribution in [1.82, 2.24) is 5.32 Å². The summed E-state index contributed by atoms with van der Waals surface area (Å²) < 4.78 is 11.1. The molecule has 0 fully saturated rings. The van der Waals surface area contributed by atoms with Gasteiger partial charge in [0.1, 0.15) is 11.4 Å². The quantitative estimate of drug-likeness (QED) is 0.818. The molecule has 0 amide bonds. The van der Waals surface area contributed by atoms with E-state index in [1.165, 1.54) is 5.56 Å². The van der Waals surface area contributed by atoms with Gasteiger partial charge in [-0.15, -0.1) is 0 Å². The average Bonchev–Trinajstić information content (AvgIpc) is 2.68. The zero-order chi connectivity index (χ0) is 13.9. The number of ether oxygens (including phenoxy) is 2. The third kappa shape index (κ3) is 3.47. The molecule has 2 N–H and O–H groups in total. The predicted molar refractivity (Wildman–Crippen MR) is 74.4 cm³/mol. The van der Waals surface area contributed by atoms with Crippen LogP contribution < -0.4 is 10.1 Å². The molecule has 1 heterocycles. The Bertz CT molecular complexity index is 431. The molecule has 1 aliphatic rings. The van der Waals surface area contributed by atoms with Crippen molar-refractivity contribution in [3.63, 3.8) is 0 Å². The van der Waals surface area contributed by atoms with E-state index in [9.17, 15) is 5.11 Å². The van der Waals surface area contributed by atoms with E-state index in [4.69, 9.17) is 9.47 Å². The second-order valence-electron chi connectivity index (χ2n) is 5.66. The molecule has 1 unspecified atom stereocenters. The lowest BCUT2D eigenvalue weighted by molar-refractivity contribution is 0.125. The largest absolute Gasteiger partial charge is 0.487 e. The summed E-state index contributed by atoms with van der Waals surface area (Å²) in [6.07, 6.45) is 0.942. The molecule has 0 aromatic heterocycles. The van der Waals surface area contributed by atoms with Gasteiger partial charge in [-0.3, -0.25) is 0 Å². The van der Waals surface area contributed by atoms with Gasteiger partial charge in [-0.05, 0) is 19.4 Å². The van der Waals surface area contributed by atoms with E-state index in [0.29, 0.717) is 13.2 Å². The number of aliphatic hydroxyl groups excluding tert-OH is 1. The molecule has 4 nitrogen and oxygen atoms in total. The van der Waals surface area contributed by atoms with E-state index in [1.807, 2.05) is 0 Å². The second kappa shape index (κ2) is 5.90. The van der Waals surface area contributed by atoms with E-state index >= 15 is 0 Å². The number of aliphatic hydroxyl groups is 1. The monoisotopic (exact) mass is 265 g/mol. The number of fused-ring (bicyclic) bond motifs is 1. The van der Waals surface area contributed by atoms with Crippen molar-refractivity contribution in [2.24, 2.45) is 0 Å². The number of rotatable bonds is 6. The summed E-state index contributed by atoms with van der Waals surface area (Å²) in [4.78, 5) is 0. The van der Waals surface area contributed by atoms with Crippen LogP contribution in [-0.4, -0.2) is 37.1 Å². The zero-order valence-corrected chi connectivity index (χ0v) is 11.9. The van der Waals surface area contributed by atoms with Gasteiger partial charge in [0.15, 0.2) is 0 Å². The fraction of sp³-hybridized carbons (Fsp3) is 0.600. The molecule has 0 spiro atoms. The summed E-state index contributed by atoms with van der Waals surface area (Å²) >= 11 is 0. The lowest BCUT2D eigenvalue weighted by Crippen LogP contribution is -2.36. The lowest BCUT2D eigenvalue weighted by atomic mass is 10.0. The normalized spacial score (nSPS) is 17.9. The van der Waals surface area contributed by atoms with E-state index in [0.717, 1.165) is 17.7 Å². The molecule has 0 saturated heterocycles. The number of nitrogens with one attached hydrogen (secondary N) is 1. The summed E-state index contributed by atoms with van der Waals surface area (Å²) in [5.74, 6) is 0.995. The highest BCUT2D eigenvalue weighted by Gasteiger charge is 2.31. The number of benzene rings is 1. The van der Waals surface area contributed by atoms with Crippen LogP contribution in [0.2, 0.25) is 0 Å². The van der Waals surface area contributed by atoms with Crippen LogP contribution in [0.4, 0.5) is 0 Å². The second-order valence-corrected chi connectivity index (χ2v) is 5.66. The number of hydrogen-bond donors (Lipinski definition) is 2. The first-order valence-corrected chi connectivity index (χ1v) is 6.68. The van der Waals surface area contributed by atoms with Gasteiger partial charge in [0.2, 0.25) is 0 Å². The molecule has 2 rings (SSSR count). The first kappa shape index (κ1) is 14.3. The molecule has 19 heavy (non-hydrogen) atoms. The van der Waals surface area contributed by atoms with Gasteiger partial charge in [-0.2, -0.15) is 0 Å². The summed E-state index contributed by atoms with van der Waals surface area (Å²) in [6.45, 7) is 5.44. The Hall–Kier alpha value is -1.10. The highest BCUT2D eigenvalue weighted by Crippen LogP contribution is 2.37. The summed E-state index contributed by atoms with van der Waals surface area (Å²) in [7, 11) is 1.64. The smallest absolute Gasteiger partial charge is 0.127 e. The van der Waals surface area contributed by atoms with Gasteiger partial charge < -0.3 is 19.9 Å². The van der Waals surface area contributed by atoms with Crippen molar-refractivity contribution in [2.75, 3.05) is 20.3 Å². The van der Waals surface area contributed by atoms with Gasteiger partial charge in [0.05, 0.1) is 19.3 Å². The summed E-state index contributed by atoms with van der Waals surface area (Å²) in [5, 5.41) is 12.5. The summed E-state index contributed by atoms with van der Waals surface area (Å²) in [6, 6.07) is 6.20. The van der Waals surface area contributed by atoms with Crippen LogP contribution in [-0.2, 0) is 17.7 Å². The number of hydrogen-bond acceptors (Lipinski definition) is 4. The van der Waals surface area contributed by atoms with E-state index < -0.39 is 0 Å². The number of methoxy groups -OCH3 is 1. The van der Waals surface area contributed by atoms with Gasteiger partial charge in [0, 0.05) is 25.6 Å². The Morgan fingerprint density at radius 2 is 2.26 bits per heavy atom. The van der Waals surface area contributed by atoms with Crippen molar-refractivity contribution in [3.05, 3.63) is 29.3 Å². The third-order valence-corrected chi connectivity index (χ3v) is 3.34. The van der Waals surface area contributed by atoms with Gasteiger partial charge in [-0.25, -0.2) is 0 Å². The minimum Gasteiger partial charge on any atom is -0.487 e. The maximum atomic E-state index is 9.24. The van der Waals surface area contributed by atoms with Gasteiger partial charge in [-0.1, -0.05) is 18.2 Å². The molecular formula is C15H23NO3. The molecule has 1 aromatic carbocycles. The Kier molecular flexibility index (Phi) is 4.45. The number of para-hydroxylation sites is 1. The summed E-state index contributed by atoms with van der Waals surface area (Å²) in [5.41, 5.74) is 2.27. The Morgan fingerprint density at radius 1 is 1.47 bits per heavy atom. The fourth-order valence-corrected chi connectivity index (χ4v) is 2.45. The molecule has 0 saturated carbocycles. The van der Waals surface area contributed by atoms with Gasteiger partial charge >= 0.3 is 0 Å². The highest BCUT2D eigenvalue weighted by molar-refractivity contribution is 5.45. The Labute approximate surface area is 114 Å². The van der Waals surface area contributed by atoms with Crippen molar-refractivity contribution < 1.29 is 14.6 Å². The third-order valence-electron chi connectivity index (χ3n) is 3.34. The molecule has 0 bridgehead atoms. The average molecular weight is 265 g/mol. The first-order chi connectivity index (χ1) is 9.05. The zero-order valence-electron chi connectivity index (χ0n) is 11.9. The highest BCUT2D eigenvalue weighted by atomic mass is 16.5. The predicted octanol–water partition coefficient (Wildman–Crippen LogP) is 1.50. The molecule has 106 valence electrons. The van der Waals surface area contributed by atoms with Crippen LogP contribution in [0.1, 0.15) is 25.0 Å². The van der Waals surface area contributed by atoms with Gasteiger partial charge in [0.25, 0.3) is 0 Å². The van der Waals surface area contributed by atoms with Crippen LogP contribution in [0.5, 0.6) is 5.75 Å². The first-order valence-electron chi connectivity index (χ1n) is 6.68.